The van der Waals surface area contributed by atoms with Crippen molar-refractivity contribution in [2.45, 2.75) is 51.4 Å². The maximum atomic E-state index is 12.4. The molecule has 7 heteroatoms. The highest BCUT2D eigenvalue weighted by molar-refractivity contribution is 7.16. The quantitative estimate of drug-likeness (QED) is 0.618. The highest BCUT2D eigenvalue weighted by atomic mass is 32.1. The van der Waals surface area contributed by atoms with Crippen molar-refractivity contribution in [2.75, 3.05) is 32.1 Å². The van der Waals surface area contributed by atoms with Gasteiger partial charge in [-0.15, -0.1) is 11.3 Å². The summed E-state index contributed by atoms with van der Waals surface area (Å²) in [5, 5.41) is 13.2. The largest absolute Gasteiger partial charge is 0.469 e. The van der Waals surface area contributed by atoms with E-state index in [1.165, 1.54) is 18.4 Å². The molecule has 0 spiro atoms. The number of fused-ring (bicyclic) bond motifs is 1. The fraction of sp³-hybridized carbons (Fsp3) is 0.650. The van der Waals surface area contributed by atoms with Gasteiger partial charge in [0, 0.05) is 17.8 Å². The minimum absolute atomic E-state index is 0.0141. The Morgan fingerprint density at radius 1 is 1.26 bits per heavy atom. The Balaban J connectivity index is 1.50. The van der Waals surface area contributed by atoms with Gasteiger partial charge in [-0.2, -0.15) is 5.26 Å². The van der Waals surface area contributed by atoms with E-state index < -0.39 is 0 Å². The van der Waals surface area contributed by atoms with Gasteiger partial charge in [-0.05, 0) is 57.2 Å². The van der Waals surface area contributed by atoms with Gasteiger partial charge >= 0.3 is 5.97 Å². The second kappa shape index (κ2) is 9.34. The van der Waals surface area contributed by atoms with Crippen LogP contribution in [0.5, 0.6) is 0 Å². The van der Waals surface area contributed by atoms with Crippen molar-refractivity contribution < 1.29 is 14.3 Å². The highest BCUT2D eigenvalue weighted by Gasteiger charge is 2.26. The third kappa shape index (κ3) is 4.88. The summed E-state index contributed by atoms with van der Waals surface area (Å²) in [6, 6.07) is 2.30. The molecule has 2 heterocycles. The van der Waals surface area contributed by atoms with E-state index in [2.05, 4.69) is 16.3 Å². The fourth-order valence-corrected chi connectivity index (χ4v) is 5.21. The molecule has 1 aromatic heterocycles. The summed E-state index contributed by atoms with van der Waals surface area (Å²) in [4.78, 5) is 27.5. The summed E-state index contributed by atoms with van der Waals surface area (Å²) in [7, 11) is 1.43. The Labute approximate surface area is 164 Å². The number of carbonyl (C=O) groups excluding carboxylic acids is 2. The van der Waals surface area contributed by atoms with Crippen LogP contribution < -0.4 is 5.32 Å². The van der Waals surface area contributed by atoms with E-state index in [9.17, 15) is 14.9 Å². The number of methoxy groups -OCH3 is 1. The number of esters is 1. The summed E-state index contributed by atoms with van der Waals surface area (Å²) in [6.07, 6.45) is 7.41. The molecule has 1 fully saturated rings. The molecule has 27 heavy (non-hydrogen) atoms. The van der Waals surface area contributed by atoms with Crippen LogP contribution in [-0.2, 0) is 27.2 Å². The number of anilines is 1. The first-order chi connectivity index (χ1) is 13.1. The maximum Gasteiger partial charge on any atom is 0.308 e. The predicted molar refractivity (Wildman–Crippen MR) is 105 cm³/mol. The van der Waals surface area contributed by atoms with Crippen LogP contribution in [0.15, 0.2) is 0 Å². The van der Waals surface area contributed by atoms with Gasteiger partial charge in [0.15, 0.2) is 0 Å². The number of carbonyl (C=O) groups is 2. The lowest BCUT2D eigenvalue weighted by molar-refractivity contribution is -0.147. The van der Waals surface area contributed by atoms with E-state index in [4.69, 9.17) is 4.74 Å². The first kappa shape index (κ1) is 19.8. The van der Waals surface area contributed by atoms with Crippen LogP contribution in [0, 0.1) is 17.2 Å². The molecule has 146 valence electrons. The highest BCUT2D eigenvalue weighted by Crippen LogP contribution is 2.37. The number of hydrogen-bond donors (Lipinski definition) is 1. The van der Waals surface area contributed by atoms with Crippen LogP contribution in [0.1, 0.15) is 54.5 Å². The molecule has 0 saturated carbocycles. The first-order valence-electron chi connectivity index (χ1n) is 9.77. The number of aryl methyl sites for hydroxylation is 1. The van der Waals surface area contributed by atoms with E-state index >= 15 is 0 Å². The molecule has 1 aromatic rings. The van der Waals surface area contributed by atoms with E-state index in [1.807, 2.05) is 0 Å². The SMILES string of the molecule is COC(=O)C1CCN(CCC(=O)Nc2sc3c(c2C#N)CCCCC3)CC1. The first-order valence-corrected chi connectivity index (χ1v) is 10.6. The Bertz CT molecular complexity index is 730. The van der Waals surface area contributed by atoms with Gasteiger partial charge in [-0.1, -0.05) is 6.42 Å². The number of nitriles is 1. The third-order valence-corrected chi connectivity index (χ3v) is 6.77. The third-order valence-electron chi connectivity index (χ3n) is 5.56. The summed E-state index contributed by atoms with van der Waals surface area (Å²) in [6.45, 7) is 2.29. The van der Waals surface area contributed by atoms with Crippen LogP contribution in [-0.4, -0.2) is 43.5 Å². The molecule has 1 amide bonds. The molecule has 0 bridgehead atoms. The minimum atomic E-state index is -0.131. The fourth-order valence-electron chi connectivity index (χ4n) is 3.96. The van der Waals surface area contributed by atoms with E-state index in [0.29, 0.717) is 18.5 Å². The number of amides is 1. The van der Waals surface area contributed by atoms with Gasteiger partial charge in [-0.3, -0.25) is 9.59 Å². The number of likely N-dealkylation sites (tertiary alicyclic amines) is 1. The van der Waals surface area contributed by atoms with Crippen molar-refractivity contribution >= 4 is 28.2 Å². The minimum Gasteiger partial charge on any atom is -0.469 e. The molecule has 0 radical (unpaired) electrons. The smallest absolute Gasteiger partial charge is 0.308 e. The van der Waals surface area contributed by atoms with Crippen LogP contribution in [0.2, 0.25) is 0 Å². The Morgan fingerprint density at radius 3 is 2.70 bits per heavy atom. The maximum absolute atomic E-state index is 12.4. The van der Waals surface area contributed by atoms with Crippen LogP contribution >= 0.6 is 11.3 Å². The molecule has 1 aliphatic carbocycles. The number of thiophene rings is 1. The normalized spacial score (nSPS) is 18.2. The number of hydrogen-bond acceptors (Lipinski definition) is 6. The van der Waals surface area contributed by atoms with Gasteiger partial charge in [0.05, 0.1) is 18.6 Å². The van der Waals surface area contributed by atoms with Crippen LogP contribution in [0.3, 0.4) is 0 Å². The average Bonchev–Trinajstić information content (AvgIpc) is 2.85. The molecule has 0 aromatic carbocycles. The van der Waals surface area contributed by atoms with Gasteiger partial charge < -0.3 is 15.0 Å². The van der Waals surface area contributed by atoms with Gasteiger partial charge in [-0.25, -0.2) is 0 Å². The van der Waals surface area contributed by atoms with Crippen molar-refractivity contribution in [3.8, 4) is 6.07 Å². The van der Waals surface area contributed by atoms with Crippen molar-refractivity contribution in [1.82, 2.24) is 4.90 Å². The van der Waals surface area contributed by atoms with E-state index in [-0.39, 0.29) is 17.8 Å². The van der Waals surface area contributed by atoms with E-state index in [0.717, 1.165) is 62.2 Å². The zero-order valence-corrected chi connectivity index (χ0v) is 16.7. The van der Waals surface area contributed by atoms with Crippen LogP contribution in [0.25, 0.3) is 0 Å². The number of ether oxygens (including phenoxy) is 1. The molecule has 3 rings (SSSR count). The van der Waals surface area contributed by atoms with Gasteiger partial charge in [0.25, 0.3) is 0 Å². The van der Waals surface area contributed by atoms with Crippen molar-refractivity contribution in [3.05, 3.63) is 16.0 Å². The van der Waals surface area contributed by atoms with Crippen LogP contribution in [0.4, 0.5) is 5.00 Å². The molecule has 0 unspecified atom stereocenters. The lowest BCUT2D eigenvalue weighted by atomic mass is 9.97. The Kier molecular flexibility index (Phi) is 6.86. The molecular formula is C20H27N3O3S. The number of rotatable bonds is 5. The lowest BCUT2D eigenvalue weighted by Gasteiger charge is -2.30. The molecule has 2 aliphatic rings. The monoisotopic (exact) mass is 389 g/mol. The second-order valence-corrected chi connectivity index (χ2v) is 8.42. The molecule has 1 aliphatic heterocycles. The number of nitrogens with zero attached hydrogens (tertiary/aromatic N) is 2. The number of nitrogens with one attached hydrogen (secondary N) is 1. The predicted octanol–water partition coefficient (Wildman–Crippen LogP) is 3.10. The second-order valence-electron chi connectivity index (χ2n) is 7.32. The number of piperidine rings is 1. The zero-order chi connectivity index (χ0) is 19.2. The summed E-state index contributed by atoms with van der Waals surface area (Å²) < 4.78 is 4.81. The summed E-state index contributed by atoms with van der Waals surface area (Å²) in [5.74, 6) is -0.188. The Morgan fingerprint density at radius 2 is 2.00 bits per heavy atom. The molecule has 0 atom stereocenters. The lowest BCUT2D eigenvalue weighted by Crippen LogP contribution is -2.38. The summed E-state index contributed by atoms with van der Waals surface area (Å²) >= 11 is 1.58. The van der Waals surface area contributed by atoms with Crippen molar-refractivity contribution in [2.24, 2.45) is 5.92 Å². The summed E-state index contributed by atoms with van der Waals surface area (Å²) in [5.41, 5.74) is 1.82. The molecular weight excluding hydrogens is 362 g/mol. The van der Waals surface area contributed by atoms with E-state index in [1.54, 1.807) is 11.3 Å². The van der Waals surface area contributed by atoms with Gasteiger partial charge in [0.2, 0.25) is 5.91 Å². The standard InChI is InChI=1S/C20H27N3O3S/c1-26-20(25)14-7-10-23(11-8-14)12-9-18(24)22-19-16(13-21)15-5-3-2-4-6-17(15)27-19/h14H,2-12H2,1H3,(H,22,24). The average molecular weight is 390 g/mol. The molecule has 1 saturated heterocycles. The van der Waals surface area contributed by atoms with Gasteiger partial charge in [0.1, 0.15) is 11.1 Å². The van der Waals surface area contributed by atoms with Crippen molar-refractivity contribution in [1.29, 1.82) is 5.26 Å². The molecule has 1 N–H and O–H groups in total. The topological polar surface area (TPSA) is 82.4 Å². The Hall–Kier alpha value is -1.91. The molecule has 6 nitrogen and oxygen atoms in total. The van der Waals surface area contributed by atoms with Crippen molar-refractivity contribution in [3.63, 3.8) is 0 Å². The zero-order valence-electron chi connectivity index (χ0n) is 15.9.